The van der Waals surface area contributed by atoms with Gasteiger partial charge in [0.05, 0.1) is 5.56 Å². The predicted molar refractivity (Wildman–Crippen MR) is 59.4 cm³/mol. The summed E-state index contributed by atoms with van der Waals surface area (Å²) in [6.45, 7) is 5.12. The molecule has 3 heteroatoms. The lowest BCUT2D eigenvalue weighted by Crippen LogP contribution is -2.08. The van der Waals surface area contributed by atoms with Gasteiger partial charge in [0.15, 0.2) is 0 Å². The molecule has 15 heavy (non-hydrogen) atoms. The van der Waals surface area contributed by atoms with E-state index < -0.39 is 0 Å². The summed E-state index contributed by atoms with van der Waals surface area (Å²) < 4.78 is 0. The molecule has 1 heterocycles. The van der Waals surface area contributed by atoms with Crippen molar-refractivity contribution in [2.75, 3.05) is 11.9 Å². The van der Waals surface area contributed by atoms with Crippen LogP contribution in [0.2, 0.25) is 0 Å². The fourth-order valence-electron chi connectivity index (χ4n) is 1.69. The topological polar surface area (TPSA) is 48.7 Å². The van der Waals surface area contributed by atoms with Crippen molar-refractivity contribution in [3.8, 4) is 6.07 Å². The summed E-state index contributed by atoms with van der Waals surface area (Å²) in [5.41, 5.74) is 1.58. The molecule has 0 aromatic carbocycles. The van der Waals surface area contributed by atoms with Crippen molar-refractivity contribution in [3.05, 3.63) is 23.4 Å². The highest BCUT2D eigenvalue weighted by atomic mass is 15.0. The molecule has 0 saturated heterocycles. The van der Waals surface area contributed by atoms with Gasteiger partial charge in [0, 0.05) is 12.2 Å². The molecule has 1 saturated carbocycles. The largest absolute Gasteiger partial charge is 0.369 e. The van der Waals surface area contributed by atoms with E-state index in [1.54, 1.807) is 0 Å². The number of rotatable bonds is 3. The number of nitriles is 1. The van der Waals surface area contributed by atoms with Crippen molar-refractivity contribution in [1.82, 2.24) is 4.98 Å². The molecule has 2 rings (SSSR count). The van der Waals surface area contributed by atoms with Gasteiger partial charge in [0.2, 0.25) is 0 Å². The maximum absolute atomic E-state index is 8.91. The van der Waals surface area contributed by atoms with Crippen LogP contribution < -0.4 is 5.32 Å². The molecule has 0 aliphatic heterocycles. The van der Waals surface area contributed by atoms with Crippen LogP contribution in [-0.2, 0) is 0 Å². The second-order valence-electron chi connectivity index (χ2n) is 4.31. The Morgan fingerprint density at radius 3 is 2.93 bits per heavy atom. The summed E-state index contributed by atoms with van der Waals surface area (Å²) in [7, 11) is 0. The van der Waals surface area contributed by atoms with Crippen molar-refractivity contribution in [2.24, 2.45) is 11.8 Å². The lowest BCUT2D eigenvalue weighted by atomic mass is 10.2. The number of hydrogen-bond acceptors (Lipinski definition) is 3. The van der Waals surface area contributed by atoms with Gasteiger partial charge in [-0.15, -0.1) is 0 Å². The number of pyridine rings is 1. The first-order valence-electron chi connectivity index (χ1n) is 5.32. The summed E-state index contributed by atoms with van der Waals surface area (Å²) in [4.78, 5) is 4.34. The molecule has 0 spiro atoms. The lowest BCUT2D eigenvalue weighted by Gasteiger charge is -2.07. The first kappa shape index (κ1) is 9.97. The fourth-order valence-corrected chi connectivity index (χ4v) is 1.69. The SMILES string of the molecule is Cc1ccc(C#N)c(NCC2CC2C)n1. The van der Waals surface area contributed by atoms with Crippen LogP contribution in [0.1, 0.15) is 24.6 Å². The third kappa shape index (κ3) is 2.27. The number of nitrogens with one attached hydrogen (secondary N) is 1. The predicted octanol–water partition coefficient (Wildman–Crippen LogP) is 2.33. The Morgan fingerprint density at radius 2 is 2.33 bits per heavy atom. The van der Waals surface area contributed by atoms with E-state index >= 15 is 0 Å². The van der Waals surface area contributed by atoms with Crippen LogP contribution in [0.4, 0.5) is 5.82 Å². The van der Waals surface area contributed by atoms with E-state index in [9.17, 15) is 0 Å². The van der Waals surface area contributed by atoms with Crippen LogP contribution in [0.25, 0.3) is 0 Å². The van der Waals surface area contributed by atoms with Gasteiger partial charge in [-0.1, -0.05) is 6.92 Å². The number of aromatic nitrogens is 1. The Morgan fingerprint density at radius 1 is 1.60 bits per heavy atom. The fraction of sp³-hybridized carbons (Fsp3) is 0.500. The minimum absolute atomic E-state index is 0.633. The van der Waals surface area contributed by atoms with E-state index in [0.29, 0.717) is 5.56 Å². The van der Waals surface area contributed by atoms with Crippen molar-refractivity contribution in [1.29, 1.82) is 5.26 Å². The summed E-state index contributed by atoms with van der Waals surface area (Å²) in [5.74, 6) is 2.32. The molecule has 78 valence electrons. The minimum atomic E-state index is 0.633. The molecule has 1 fully saturated rings. The highest BCUT2D eigenvalue weighted by Crippen LogP contribution is 2.37. The van der Waals surface area contributed by atoms with Crippen LogP contribution in [0.3, 0.4) is 0 Å². The van der Waals surface area contributed by atoms with Crippen molar-refractivity contribution in [2.45, 2.75) is 20.3 Å². The maximum Gasteiger partial charge on any atom is 0.144 e. The van der Waals surface area contributed by atoms with Crippen molar-refractivity contribution in [3.63, 3.8) is 0 Å². The summed E-state index contributed by atoms with van der Waals surface area (Å²) in [6.07, 6.45) is 1.29. The Labute approximate surface area is 90.1 Å². The molecule has 1 aromatic rings. The van der Waals surface area contributed by atoms with E-state index in [0.717, 1.165) is 29.9 Å². The van der Waals surface area contributed by atoms with E-state index in [1.165, 1.54) is 6.42 Å². The normalized spacial score (nSPS) is 23.3. The summed E-state index contributed by atoms with van der Waals surface area (Å²) in [5, 5.41) is 12.2. The van der Waals surface area contributed by atoms with Gasteiger partial charge in [-0.2, -0.15) is 5.26 Å². The lowest BCUT2D eigenvalue weighted by molar-refractivity contribution is 0.784. The Balaban J connectivity index is 2.06. The van der Waals surface area contributed by atoms with Crippen molar-refractivity contribution >= 4 is 5.82 Å². The van der Waals surface area contributed by atoms with Crippen LogP contribution >= 0.6 is 0 Å². The number of nitrogens with zero attached hydrogens (tertiary/aromatic N) is 2. The molecule has 1 aliphatic carbocycles. The molecule has 2 atom stereocenters. The smallest absolute Gasteiger partial charge is 0.144 e. The van der Waals surface area contributed by atoms with E-state index in [1.807, 2.05) is 19.1 Å². The number of aryl methyl sites for hydroxylation is 1. The quantitative estimate of drug-likeness (QED) is 0.816. The van der Waals surface area contributed by atoms with E-state index in [4.69, 9.17) is 5.26 Å². The van der Waals surface area contributed by atoms with Gasteiger partial charge < -0.3 is 5.32 Å². The third-order valence-electron chi connectivity index (χ3n) is 2.96. The number of hydrogen-bond donors (Lipinski definition) is 1. The molecular formula is C12H15N3. The van der Waals surface area contributed by atoms with E-state index in [-0.39, 0.29) is 0 Å². The molecule has 1 aliphatic rings. The second kappa shape index (κ2) is 3.90. The third-order valence-corrected chi connectivity index (χ3v) is 2.96. The zero-order valence-corrected chi connectivity index (χ0v) is 9.12. The average molecular weight is 201 g/mol. The maximum atomic E-state index is 8.91. The van der Waals surface area contributed by atoms with Crippen LogP contribution in [0, 0.1) is 30.1 Å². The molecule has 1 N–H and O–H groups in total. The minimum Gasteiger partial charge on any atom is -0.369 e. The molecule has 0 bridgehead atoms. The Kier molecular flexibility index (Phi) is 2.59. The first-order chi connectivity index (χ1) is 7.20. The highest BCUT2D eigenvalue weighted by Gasteiger charge is 2.32. The van der Waals surface area contributed by atoms with Gasteiger partial charge in [0.25, 0.3) is 0 Å². The zero-order valence-electron chi connectivity index (χ0n) is 9.12. The van der Waals surface area contributed by atoms with Crippen molar-refractivity contribution < 1.29 is 0 Å². The van der Waals surface area contributed by atoms with Gasteiger partial charge in [-0.25, -0.2) is 4.98 Å². The molecule has 0 radical (unpaired) electrons. The molecule has 2 unspecified atom stereocenters. The second-order valence-corrected chi connectivity index (χ2v) is 4.31. The van der Waals surface area contributed by atoms with Crippen LogP contribution in [0.5, 0.6) is 0 Å². The first-order valence-corrected chi connectivity index (χ1v) is 5.32. The zero-order chi connectivity index (χ0) is 10.8. The Bertz CT molecular complexity index is 406. The highest BCUT2D eigenvalue weighted by molar-refractivity contribution is 5.52. The standard InChI is InChI=1S/C12H15N3/c1-8-5-11(8)7-14-12-10(6-13)4-3-9(2)15-12/h3-4,8,11H,5,7H2,1-2H3,(H,14,15). The molecule has 1 aromatic heterocycles. The summed E-state index contributed by atoms with van der Waals surface area (Å²) >= 11 is 0. The molecular weight excluding hydrogens is 186 g/mol. The Hall–Kier alpha value is -1.56. The average Bonchev–Trinajstić information content (AvgIpc) is 2.92. The molecule has 0 amide bonds. The monoisotopic (exact) mass is 201 g/mol. The number of anilines is 1. The van der Waals surface area contributed by atoms with Gasteiger partial charge in [-0.05, 0) is 37.3 Å². The van der Waals surface area contributed by atoms with Gasteiger partial charge in [0.1, 0.15) is 11.9 Å². The van der Waals surface area contributed by atoms with Crippen LogP contribution in [0.15, 0.2) is 12.1 Å². The van der Waals surface area contributed by atoms with Gasteiger partial charge in [-0.3, -0.25) is 0 Å². The van der Waals surface area contributed by atoms with Gasteiger partial charge >= 0.3 is 0 Å². The van der Waals surface area contributed by atoms with Crippen LogP contribution in [-0.4, -0.2) is 11.5 Å². The van der Waals surface area contributed by atoms with E-state index in [2.05, 4.69) is 23.3 Å². The summed E-state index contributed by atoms with van der Waals surface area (Å²) in [6, 6.07) is 5.84. The molecule has 3 nitrogen and oxygen atoms in total.